The highest BCUT2D eigenvalue weighted by atomic mass is 35.5. The molecule has 0 aromatic heterocycles. The van der Waals surface area contributed by atoms with Crippen LogP contribution in [0.25, 0.3) is 11.1 Å². The normalized spacial score (nSPS) is 10.9. The second kappa shape index (κ2) is 7.31. The molecule has 0 aliphatic heterocycles. The second-order valence-corrected chi connectivity index (χ2v) is 6.21. The summed E-state index contributed by atoms with van der Waals surface area (Å²) in [5.74, 6) is 0. The number of halogens is 2. The predicted octanol–water partition coefficient (Wildman–Crippen LogP) is 5.78. The average molecular weight is 322 g/mol. The Bertz CT molecular complexity index is 635. The lowest BCUT2D eigenvalue weighted by Crippen LogP contribution is -2.14. The van der Waals surface area contributed by atoms with Gasteiger partial charge in [-0.1, -0.05) is 36.2 Å². The maximum absolute atomic E-state index is 6.41. The van der Waals surface area contributed by atoms with Gasteiger partial charge < -0.3 is 5.32 Å². The Labute approximate surface area is 137 Å². The van der Waals surface area contributed by atoms with Gasteiger partial charge in [-0.2, -0.15) is 0 Å². The first-order valence-electron chi connectivity index (χ1n) is 7.29. The Morgan fingerprint density at radius 3 is 2.38 bits per heavy atom. The van der Waals surface area contributed by atoms with Crippen molar-refractivity contribution in [2.24, 2.45) is 0 Å². The largest absolute Gasteiger partial charge is 0.313 e. The third-order valence-electron chi connectivity index (χ3n) is 3.68. The van der Waals surface area contributed by atoms with Crippen LogP contribution in [-0.2, 0) is 6.54 Å². The molecule has 0 bridgehead atoms. The van der Waals surface area contributed by atoms with Gasteiger partial charge in [0.2, 0.25) is 0 Å². The third kappa shape index (κ3) is 4.00. The first kappa shape index (κ1) is 16.4. The number of hydrogen-bond acceptors (Lipinski definition) is 1. The molecule has 0 atom stereocenters. The summed E-state index contributed by atoms with van der Waals surface area (Å²) in [4.78, 5) is 0. The fourth-order valence-electron chi connectivity index (χ4n) is 2.28. The van der Waals surface area contributed by atoms with Crippen LogP contribution in [-0.4, -0.2) is 6.54 Å². The van der Waals surface area contributed by atoms with E-state index in [1.807, 2.05) is 18.2 Å². The molecule has 0 heterocycles. The molecular weight excluding hydrogens is 301 g/mol. The lowest BCUT2D eigenvalue weighted by Gasteiger charge is -2.12. The molecule has 0 saturated carbocycles. The Morgan fingerprint density at radius 1 is 0.952 bits per heavy atom. The maximum Gasteiger partial charge on any atom is 0.0487 e. The van der Waals surface area contributed by atoms with Crippen LogP contribution < -0.4 is 5.32 Å². The van der Waals surface area contributed by atoms with Crippen LogP contribution in [0.15, 0.2) is 30.3 Å². The average Bonchev–Trinajstić information content (AvgIpc) is 2.45. The fourth-order valence-corrected chi connectivity index (χ4v) is 2.79. The number of rotatable bonds is 5. The molecule has 0 aliphatic rings. The minimum Gasteiger partial charge on any atom is -0.313 e. The Morgan fingerprint density at radius 2 is 1.67 bits per heavy atom. The summed E-state index contributed by atoms with van der Waals surface area (Å²) >= 11 is 12.7. The standard InChI is InChI=1S/C18H21Cl2N/c1-4-7-21-11-15-10-14(5-6-17(15)19)16-8-12(2)13(3)9-18(16)20/h5-6,8-10,21H,4,7,11H2,1-3H3. The molecule has 0 saturated heterocycles. The van der Waals surface area contributed by atoms with Crippen LogP contribution >= 0.6 is 23.2 Å². The highest BCUT2D eigenvalue weighted by Crippen LogP contribution is 2.32. The summed E-state index contributed by atoms with van der Waals surface area (Å²) in [6, 6.07) is 10.3. The number of nitrogens with one attached hydrogen (secondary N) is 1. The van der Waals surface area contributed by atoms with Crippen molar-refractivity contribution < 1.29 is 0 Å². The van der Waals surface area contributed by atoms with E-state index in [9.17, 15) is 0 Å². The van der Waals surface area contributed by atoms with Gasteiger partial charge >= 0.3 is 0 Å². The number of benzene rings is 2. The van der Waals surface area contributed by atoms with E-state index in [0.29, 0.717) is 0 Å². The van der Waals surface area contributed by atoms with Crippen LogP contribution in [0.2, 0.25) is 10.0 Å². The molecule has 0 fully saturated rings. The quantitative estimate of drug-likeness (QED) is 0.688. The van der Waals surface area contributed by atoms with Gasteiger partial charge in [0.05, 0.1) is 0 Å². The van der Waals surface area contributed by atoms with Gasteiger partial charge in [-0.25, -0.2) is 0 Å². The monoisotopic (exact) mass is 321 g/mol. The molecule has 3 heteroatoms. The SMILES string of the molecule is CCCNCc1cc(-c2cc(C)c(C)cc2Cl)ccc1Cl. The first-order chi connectivity index (χ1) is 10.0. The molecule has 0 unspecified atom stereocenters. The minimum atomic E-state index is 0.781. The van der Waals surface area contributed by atoms with Crippen LogP contribution in [0.5, 0.6) is 0 Å². The lowest BCUT2D eigenvalue weighted by atomic mass is 9.99. The van der Waals surface area contributed by atoms with Gasteiger partial charge in [0.15, 0.2) is 0 Å². The highest BCUT2D eigenvalue weighted by Gasteiger charge is 2.09. The van der Waals surface area contributed by atoms with Crippen molar-refractivity contribution in [2.75, 3.05) is 6.54 Å². The van der Waals surface area contributed by atoms with Crippen LogP contribution in [0.4, 0.5) is 0 Å². The Kier molecular flexibility index (Phi) is 5.69. The van der Waals surface area contributed by atoms with E-state index < -0.39 is 0 Å². The van der Waals surface area contributed by atoms with Crippen molar-refractivity contribution in [3.05, 3.63) is 57.1 Å². The summed E-state index contributed by atoms with van der Waals surface area (Å²) in [7, 11) is 0. The molecule has 112 valence electrons. The molecule has 0 spiro atoms. The van der Waals surface area contributed by atoms with Gasteiger partial charge in [-0.15, -0.1) is 0 Å². The van der Waals surface area contributed by atoms with E-state index in [0.717, 1.165) is 46.2 Å². The van der Waals surface area contributed by atoms with Gasteiger partial charge in [0, 0.05) is 22.2 Å². The van der Waals surface area contributed by atoms with E-state index in [-0.39, 0.29) is 0 Å². The summed E-state index contributed by atoms with van der Waals surface area (Å²) in [6.07, 6.45) is 1.11. The van der Waals surface area contributed by atoms with Crippen LogP contribution in [0.1, 0.15) is 30.0 Å². The molecule has 21 heavy (non-hydrogen) atoms. The maximum atomic E-state index is 6.41. The van der Waals surface area contributed by atoms with Crippen LogP contribution in [0.3, 0.4) is 0 Å². The van der Waals surface area contributed by atoms with Crippen molar-refractivity contribution in [3.8, 4) is 11.1 Å². The fraction of sp³-hybridized carbons (Fsp3) is 0.333. The molecule has 2 aromatic carbocycles. The Hall–Kier alpha value is -1.02. The lowest BCUT2D eigenvalue weighted by molar-refractivity contribution is 0.676. The van der Waals surface area contributed by atoms with E-state index >= 15 is 0 Å². The van der Waals surface area contributed by atoms with Crippen molar-refractivity contribution in [1.29, 1.82) is 0 Å². The summed E-state index contributed by atoms with van der Waals surface area (Å²) < 4.78 is 0. The van der Waals surface area contributed by atoms with Crippen molar-refractivity contribution in [1.82, 2.24) is 5.32 Å². The number of hydrogen-bond donors (Lipinski definition) is 1. The van der Waals surface area contributed by atoms with Gasteiger partial charge in [0.1, 0.15) is 0 Å². The minimum absolute atomic E-state index is 0.781. The van der Waals surface area contributed by atoms with E-state index in [4.69, 9.17) is 23.2 Å². The summed E-state index contributed by atoms with van der Waals surface area (Å²) in [5, 5.41) is 4.97. The van der Waals surface area contributed by atoms with Crippen molar-refractivity contribution in [3.63, 3.8) is 0 Å². The molecule has 1 N–H and O–H groups in total. The molecule has 1 nitrogen and oxygen atoms in total. The topological polar surface area (TPSA) is 12.0 Å². The highest BCUT2D eigenvalue weighted by molar-refractivity contribution is 6.33. The van der Waals surface area contributed by atoms with E-state index in [1.165, 1.54) is 11.1 Å². The van der Waals surface area contributed by atoms with E-state index in [1.54, 1.807) is 0 Å². The molecule has 2 aromatic rings. The third-order valence-corrected chi connectivity index (χ3v) is 4.36. The Balaban J connectivity index is 2.36. The zero-order valence-corrected chi connectivity index (χ0v) is 14.3. The smallest absolute Gasteiger partial charge is 0.0487 e. The molecule has 2 rings (SSSR count). The van der Waals surface area contributed by atoms with Crippen molar-refractivity contribution >= 4 is 23.2 Å². The molecular formula is C18H21Cl2N. The zero-order valence-electron chi connectivity index (χ0n) is 12.8. The van der Waals surface area contributed by atoms with E-state index in [2.05, 4.69) is 38.2 Å². The number of aryl methyl sites for hydroxylation is 2. The van der Waals surface area contributed by atoms with Gasteiger partial charge in [-0.3, -0.25) is 0 Å². The predicted molar refractivity (Wildman–Crippen MR) is 93.4 cm³/mol. The first-order valence-corrected chi connectivity index (χ1v) is 8.04. The van der Waals surface area contributed by atoms with Crippen molar-refractivity contribution in [2.45, 2.75) is 33.7 Å². The van der Waals surface area contributed by atoms with Crippen LogP contribution in [0, 0.1) is 13.8 Å². The summed E-state index contributed by atoms with van der Waals surface area (Å²) in [5.41, 5.74) is 5.74. The second-order valence-electron chi connectivity index (χ2n) is 5.40. The molecule has 0 amide bonds. The molecule has 0 aliphatic carbocycles. The zero-order chi connectivity index (χ0) is 15.4. The molecule has 0 radical (unpaired) electrons. The summed E-state index contributed by atoms with van der Waals surface area (Å²) in [6.45, 7) is 8.11. The van der Waals surface area contributed by atoms with Gasteiger partial charge in [-0.05, 0) is 73.3 Å². The van der Waals surface area contributed by atoms with Gasteiger partial charge in [0.25, 0.3) is 0 Å².